The van der Waals surface area contributed by atoms with Gasteiger partial charge in [-0.1, -0.05) is 12.1 Å². The number of ether oxygens (including phenoxy) is 1. The molecule has 1 fully saturated rings. The Bertz CT molecular complexity index is 407. The van der Waals surface area contributed by atoms with Crippen LogP contribution in [0.15, 0.2) is 18.2 Å². The Morgan fingerprint density at radius 2 is 2.24 bits per heavy atom. The van der Waals surface area contributed by atoms with Crippen LogP contribution in [0.3, 0.4) is 0 Å². The molecule has 0 radical (unpaired) electrons. The molecule has 1 atom stereocenters. The lowest BCUT2D eigenvalue weighted by molar-refractivity contribution is -0.127. The van der Waals surface area contributed by atoms with Crippen molar-refractivity contribution in [2.45, 2.75) is 38.8 Å². The minimum atomic E-state index is -0.515. The van der Waals surface area contributed by atoms with Gasteiger partial charge in [-0.15, -0.1) is 0 Å². The Morgan fingerprint density at radius 1 is 1.53 bits per heavy atom. The molecule has 0 aliphatic heterocycles. The second-order valence-corrected chi connectivity index (χ2v) is 4.54. The van der Waals surface area contributed by atoms with Gasteiger partial charge < -0.3 is 15.8 Å². The number of aryl methyl sites for hydroxylation is 1. The number of benzene rings is 1. The second-order valence-electron chi connectivity index (χ2n) is 4.54. The minimum absolute atomic E-state index is 0.0739. The molecular formula is C13H18N2O2. The molecule has 1 aliphatic carbocycles. The van der Waals surface area contributed by atoms with Gasteiger partial charge in [-0.2, -0.15) is 0 Å². The molecule has 1 amide bonds. The van der Waals surface area contributed by atoms with E-state index in [1.54, 1.807) is 13.0 Å². The van der Waals surface area contributed by atoms with Crippen molar-refractivity contribution >= 4 is 11.6 Å². The molecule has 1 saturated carbocycles. The van der Waals surface area contributed by atoms with E-state index in [0.29, 0.717) is 17.5 Å². The molecule has 0 heterocycles. The first kappa shape index (κ1) is 11.8. The summed E-state index contributed by atoms with van der Waals surface area (Å²) in [5.74, 6) is 0.529. The van der Waals surface area contributed by atoms with Crippen LogP contribution >= 0.6 is 0 Å². The number of nitrogens with one attached hydrogen (secondary N) is 1. The standard InChI is InChI=1S/C13H18N2O2/c1-8-4-3-5-11(14)12(8)17-9(2)13(16)15-10-6-7-10/h3-5,9-10H,6-7,14H2,1-2H3,(H,15,16). The fourth-order valence-corrected chi connectivity index (χ4v) is 1.61. The summed E-state index contributed by atoms with van der Waals surface area (Å²) in [6, 6.07) is 5.90. The highest BCUT2D eigenvalue weighted by atomic mass is 16.5. The molecule has 1 aromatic carbocycles. The lowest BCUT2D eigenvalue weighted by Crippen LogP contribution is -2.37. The van der Waals surface area contributed by atoms with Crippen LogP contribution in [0.2, 0.25) is 0 Å². The number of nitrogens with two attached hydrogens (primary N) is 1. The SMILES string of the molecule is Cc1cccc(N)c1OC(C)C(=O)NC1CC1. The molecule has 1 aliphatic rings. The summed E-state index contributed by atoms with van der Waals surface area (Å²) in [6.45, 7) is 3.65. The lowest BCUT2D eigenvalue weighted by atomic mass is 10.2. The lowest BCUT2D eigenvalue weighted by Gasteiger charge is -2.17. The van der Waals surface area contributed by atoms with Crippen molar-refractivity contribution in [3.05, 3.63) is 23.8 Å². The Hall–Kier alpha value is -1.71. The molecule has 4 heteroatoms. The van der Waals surface area contributed by atoms with Gasteiger partial charge in [-0.05, 0) is 38.3 Å². The van der Waals surface area contributed by atoms with Crippen LogP contribution in [0.4, 0.5) is 5.69 Å². The molecule has 17 heavy (non-hydrogen) atoms. The van der Waals surface area contributed by atoms with E-state index in [4.69, 9.17) is 10.5 Å². The van der Waals surface area contributed by atoms with Gasteiger partial charge in [0.1, 0.15) is 5.75 Å². The average Bonchev–Trinajstić information content (AvgIpc) is 3.07. The first-order chi connectivity index (χ1) is 8.08. The smallest absolute Gasteiger partial charge is 0.260 e. The Kier molecular flexibility index (Phi) is 3.22. The van der Waals surface area contributed by atoms with E-state index in [1.165, 1.54) is 0 Å². The summed E-state index contributed by atoms with van der Waals surface area (Å²) in [6.07, 6.45) is 1.63. The molecule has 92 valence electrons. The molecule has 0 saturated heterocycles. The topological polar surface area (TPSA) is 64.3 Å². The van der Waals surface area contributed by atoms with Gasteiger partial charge in [0.25, 0.3) is 5.91 Å². The first-order valence-corrected chi connectivity index (χ1v) is 5.90. The van der Waals surface area contributed by atoms with Crippen LogP contribution in [0, 0.1) is 6.92 Å². The maximum Gasteiger partial charge on any atom is 0.260 e. The fraction of sp³-hybridized carbons (Fsp3) is 0.462. The van der Waals surface area contributed by atoms with Gasteiger partial charge in [0, 0.05) is 6.04 Å². The van der Waals surface area contributed by atoms with Crippen LogP contribution in [0.5, 0.6) is 5.75 Å². The number of rotatable bonds is 4. The molecule has 4 nitrogen and oxygen atoms in total. The Labute approximate surface area is 101 Å². The van der Waals surface area contributed by atoms with Crippen molar-refractivity contribution in [2.24, 2.45) is 0 Å². The van der Waals surface area contributed by atoms with Crippen LogP contribution in [0.1, 0.15) is 25.3 Å². The van der Waals surface area contributed by atoms with Gasteiger partial charge in [0.2, 0.25) is 0 Å². The van der Waals surface area contributed by atoms with Crippen molar-refractivity contribution < 1.29 is 9.53 Å². The summed E-state index contributed by atoms with van der Waals surface area (Å²) < 4.78 is 5.63. The average molecular weight is 234 g/mol. The van der Waals surface area contributed by atoms with Crippen molar-refractivity contribution in [3.63, 3.8) is 0 Å². The predicted molar refractivity (Wildman–Crippen MR) is 66.8 cm³/mol. The Balaban J connectivity index is 2.01. The van der Waals surface area contributed by atoms with Gasteiger partial charge in [0.05, 0.1) is 5.69 Å². The van der Waals surface area contributed by atoms with E-state index in [-0.39, 0.29) is 5.91 Å². The van der Waals surface area contributed by atoms with Gasteiger partial charge in [-0.25, -0.2) is 0 Å². The maximum absolute atomic E-state index is 11.7. The molecule has 0 bridgehead atoms. The van der Waals surface area contributed by atoms with E-state index in [0.717, 1.165) is 18.4 Å². The van der Waals surface area contributed by atoms with Crippen LogP contribution in [-0.2, 0) is 4.79 Å². The number of carbonyl (C=O) groups is 1. The number of carbonyl (C=O) groups excluding carboxylic acids is 1. The quantitative estimate of drug-likeness (QED) is 0.778. The van der Waals surface area contributed by atoms with Crippen LogP contribution in [-0.4, -0.2) is 18.1 Å². The predicted octanol–water partition coefficient (Wildman–Crippen LogP) is 1.62. The van der Waals surface area contributed by atoms with Crippen molar-refractivity contribution in [1.82, 2.24) is 5.32 Å². The highest BCUT2D eigenvalue weighted by Gasteiger charge is 2.26. The fourth-order valence-electron chi connectivity index (χ4n) is 1.61. The summed E-state index contributed by atoms with van der Waals surface area (Å²) in [5.41, 5.74) is 7.33. The summed E-state index contributed by atoms with van der Waals surface area (Å²) in [5, 5.41) is 2.91. The monoisotopic (exact) mass is 234 g/mol. The molecule has 0 spiro atoms. The molecular weight excluding hydrogens is 216 g/mol. The van der Waals surface area contributed by atoms with Gasteiger partial charge in [0.15, 0.2) is 6.10 Å². The van der Waals surface area contributed by atoms with Gasteiger partial charge >= 0.3 is 0 Å². The zero-order chi connectivity index (χ0) is 12.4. The maximum atomic E-state index is 11.7. The van der Waals surface area contributed by atoms with Crippen molar-refractivity contribution in [1.29, 1.82) is 0 Å². The molecule has 0 aromatic heterocycles. The summed E-state index contributed by atoms with van der Waals surface area (Å²) >= 11 is 0. The van der Waals surface area contributed by atoms with Crippen molar-refractivity contribution in [2.75, 3.05) is 5.73 Å². The Morgan fingerprint density at radius 3 is 2.82 bits per heavy atom. The zero-order valence-electron chi connectivity index (χ0n) is 10.2. The van der Waals surface area contributed by atoms with Crippen LogP contribution in [0.25, 0.3) is 0 Å². The number of hydrogen-bond acceptors (Lipinski definition) is 3. The molecule has 2 rings (SSSR count). The minimum Gasteiger partial charge on any atom is -0.478 e. The number of anilines is 1. The normalized spacial score (nSPS) is 16.4. The summed E-state index contributed by atoms with van der Waals surface area (Å²) in [7, 11) is 0. The van der Waals surface area contributed by atoms with Crippen molar-refractivity contribution in [3.8, 4) is 5.75 Å². The van der Waals surface area contributed by atoms with E-state index < -0.39 is 6.10 Å². The van der Waals surface area contributed by atoms with E-state index in [9.17, 15) is 4.79 Å². The number of amides is 1. The third kappa shape index (κ3) is 2.90. The second kappa shape index (κ2) is 4.65. The first-order valence-electron chi connectivity index (χ1n) is 5.90. The van der Waals surface area contributed by atoms with E-state index in [2.05, 4.69) is 5.32 Å². The highest BCUT2D eigenvalue weighted by Crippen LogP contribution is 2.26. The molecule has 1 aromatic rings. The third-order valence-electron chi connectivity index (χ3n) is 2.83. The zero-order valence-corrected chi connectivity index (χ0v) is 10.2. The van der Waals surface area contributed by atoms with E-state index >= 15 is 0 Å². The number of hydrogen-bond donors (Lipinski definition) is 2. The largest absolute Gasteiger partial charge is 0.478 e. The molecule has 1 unspecified atom stereocenters. The van der Waals surface area contributed by atoms with E-state index in [1.807, 2.05) is 19.1 Å². The number of nitrogen functional groups attached to an aromatic ring is 1. The highest BCUT2D eigenvalue weighted by molar-refractivity contribution is 5.81. The third-order valence-corrected chi connectivity index (χ3v) is 2.83. The van der Waals surface area contributed by atoms with Crippen LogP contribution < -0.4 is 15.8 Å². The summed E-state index contributed by atoms with van der Waals surface area (Å²) in [4.78, 5) is 11.7. The number of para-hydroxylation sites is 1. The van der Waals surface area contributed by atoms with Gasteiger partial charge in [-0.3, -0.25) is 4.79 Å². The molecule has 3 N–H and O–H groups in total.